The molecular weight excluding hydrogens is 948 g/mol. The number of fused-ring (bicyclic) bond motifs is 20. The Labute approximate surface area is 416 Å². The lowest BCUT2D eigenvalue weighted by molar-refractivity contribution is 1.08. The standard InChI is InChI=1S/C56H35ClN8S4/c57-48-46(69-35-19-11-4-12-20-35)28-27-42-47(48)56-64-51-41-26-23-38(68-34-17-9-3-10-18-34)31-45(41)54(62-51)60-49-39-24-21-36(66-32-13-5-1-6-14-32)29-43(39)53(58-49)59-50-40-25-22-37(67-33-15-7-2-8-16-33)30-44(40)55(61-50)63-52(42)65-56/h1-31H,(H4,58,59,60,61,62,63,64,65). The fourth-order valence-corrected chi connectivity index (χ4v) is 12.5. The van der Waals surface area contributed by atoms with Gasteiger partial charge >= 0.3 is 0 Å². The second-order valence-corrected chi connectivity index (χ2v) is 21.3. The number of H-pyrrole nitrogens is 4. The van der Waals surface area contributed by atoms with Crippen LogP contribution in [-0.4, -0.2) is 19.9 Å². The number of halogens is 1. The molecular formula is C56H35ClN8S4. The molecule has 0 saturated heterocycles. The van der Waals surface area contributed by atoms with Gasteiger partial charge in [-0.1, -0.05) is 131 Å². The van der Waals surface area contributed by atoms with E-state index in [1.165, 1.54) is 0 Å². The van der Waals surface area contributed by atoms with E-state index in [1.54, 1.807) is 47.0 Å². The number of aromatic amines is 4. The first-order valence-corrected chi connectivity index (χ1v) is 25.8. The van der Waals surface area contributed by atoms with Gasteiger partial charge in [-0.25, -0.2) is 20.0 Å². The van der Waals surface area contributed by atoms with Gasteiger partial charge in [0.15, 0.2) is 0 Å². The molecule has 0 atom stereocenters. The Morgan fingerprint density at radius 2 is 0.652 bits per heavy atom. The van der Waals surface area contributed by atoms with Gasteiger partial charge < -0.3 is 19.9 Å². The van der Waals surface area contributed by atoms with E-state index in [9.17, 15) is 0 Å². The van der Waals surface area contributed by atoms with Gasteiger partial charge in [-0.05, 0) is 115 Å². The van der Waals surface area contributed by atoms with Crippen molar-refractivity contribution >= 4 is 125 Å². The van der Waals surface area contributed by atoms with E-state index >= 15 is 0 Å². The zero-order valence-corrected chi connectivity index (χ0v) is 40.2. The van der Waals surface area contributed by atoms with E-state index in [-0.39, 0.29) is 0 Å². The van der Waals surface area contributed by atoms with Crippen LogP contribution in [0.3, 0.4) is 0 Å². The Hall–Kier alpha value is -7.19. The molecule has 8 aromatic carbocycles. The fourth-order valence-electron chi connectivity index (χ4n) is 8.65. The molecule has 0 aliphatic carbocycles. The highest BCUT2D eigenvalue weighted by molar-refractivity contribution is 8.00. The molecule has 8 bridgehead atoms. The monoisotopic (exact) mass is 982 g/mol. The molecule has 13 rings (SSSR count). The second-order valence-electron chi connectivity index (χ2n) is 16.3. The molecule has 4 N–H and O–H groups in total. The minimum absolute atomic E-state index is 0.575. The summed E-state index contributed by atoms with van der Waals surface area (Å²) < 4.78 is 0. The smallest absolute Gasteiger partial charge is 0.143 e. The molecule has 0 spiro atoms. The van der Waals surface area contributed by atoms with Gasteiger partial charge in [0.1, 0.15) is 45.2 Å². The highest BCUT2D eigenvalue weighted by Crippen LogP contribution is 2.45. The van der Waals surface area contributed by atoms with E-state index in [4.69, 9.17) is 31.6 Å². The Balaban J connectivity index is 1.10. The third kappa shape index (κ3) is 8.13. The largest absolute Gasteiger partial charge is 0.324 e. The Morgan fingerprint density at radius 3 is 1.14 bits per heavy atom. The van der Waals surface area contributed by atoms with Crippen LogP contribution in [0.5, 0.6) is 0 Å². The number of nitrogens with one attached hydrogen (secondary N) is 4. The number of benzene rings is 8. The second kappa shape index (κ2) is 17.7. The van der Waals surface area contributed by atoms with Crippen LogP contribution in [0.25, 0.3) is 43.1 Å². The van der Waals surface area contributed by atoms with E-state index in [0.29, 0.717) is 50.2 Å². The summed E-state index contributed by atoms with van der Waals surface area (Å²) in [7, 11) is 0. The molecule has 12 aromatic rings. The normalized spacial score (nSPS) is 12.2. The summed E-state index contributed by atoms with van der Waals surface area (Å²) in [6.45, 7) is 0. The van der Waals surface area contributed by atoms with Crippen molar-refractivity contribution in [3.05, 3.63) is 215 Å². The maximum atomic E-state index is 7.51. The van der Waals surface area contributed by atoms with Gasteiger partial charge in [-0.2, -0.15) is 0 Å². The van der Waals surface area contributed by atoms with Crippen LogP contribution in [-0.2, 0) is 0 Å². The summed E-state index contributed by atoms with van der Waals surface area (Å²) in [5.41, 5.74) is 2.61. The highest BCUT2D eigenvalue weighted by Gasteiger charge is 2.20. The predicted octanol–water partition coefficient (Wildman–Crippen LogP) is 15.0. The average Bonchev–Trinajstić information content (AvgIpc) is 4.11. The van der Waals surface area contributed by atoms with Gasteiger partial charge in [0.2, 0.25) is 0 Å². The topological polar surface area (TPSA) is 113 Å². The Bertz CT molecular complexity index is 4160. The zero-order chi connectivity index (χ0) is 45.8. The van der Waals surface area contributed by atoms with Crippen molar-refractivity contribution in [3.8, 4) is 0 Å². The van der Waals surface area contributed by atoms with Crippen LogP contribution in [0, 0.1) is 0 Å². The Kier molecular flexibility index (Phi) is 10.8. The third-order valence-electron chi connectivity index (χ3n) is 11.9. The molecule has 8 nitrogen and oxygen atoms in total. The molecule has 4 aromatic heterocycles. The van der Waals surface area contributed by atoms with E-state index in [1.807, 2.05) is 36.4 Å². The van der Waals surface area contributed by atoms with E-state index in [0.717, 1.165) is 82.3 Å². The van der Waals surface area contributed by atoms with Crippen LogP contribution in [0.4, 0.5) is 23.3 Å². The molecule has 0 saturated carbocycles. The summed E-state index contributed by atoms with van der Waals surface area (Å²) in [6.07, 6.45) is 0. The van der Waals surface area contributed by atoms with Crippen molar-refractivity contribution in [2.75, 3.05) is 0 Å². The fraction of sp³-hybridized carbons (Fsp3) is 0. The van der Waals surface area contributed by atoms with Gasteiger partial charge in [-0.15, -0.1) is 0 Å². The zero-order valence-electron chi connectivity index (χ0n) is 36.2. The van der Waals surface area contributed by atoms with Gasteiger partial charge in [-0.3, -0.25) is 0 Å². The van der Waals surface area contributed by atoms with Crippen LogP contribution in [0.15, 0.2) is 247 Å². The van der Waals surface area contributed by atoms with Gasteiger partial charge in [0.25, 0.3) is 0 Å². The van der Waals surface area contributed by atoms with Crippen molar-refractivity contribution in [2.45, 2.75) is 39.2 Å². The van der Waals surface area contributed by atoms with E-state index < -0.39 is 0 Å². The SMILES string of the molecule is Clc1c(Sc2ccccc2)ccc2c3[nH]c(c12)N=c1[nH]c(c2cc(Sc4ccccc4)ccc12)=Nc1[nH]c(c2cc(Sc4ccccc4)ccc12)N=c1[nH]c(c2cc(Sc4ccccc4)ccc12)=N3. The molecule has 1 aliphatic heterocycles. The molecule has 1 aliphatic rings. The number of aromatic nitrogens is 4. The molecule has 69 heavy (non-hydrogen) atoms. The number of nitrogens with zero attached hydrogens (tertiary/aromatic N) is 4. The summed E-state index contributed by atoms with van der Waals surface area (Å²) in [4.78, 5) is 45.0. The first kappa shape index (κ1) is 42.0. The average molecular weight is 984 g/mol. The molecule has 0 fully saturated rings. The van der Waals surface area contributed by atoms with E-state index in [2.05, 4.69) is 172 Å². The quantitative estimate of drug-likeness (QED) is 0.121. The van der Waals surface area contributed by atoms with Crippen molar-refractivity contribution in [1.29, 1.82) is 0 Å². The highest BCUT2D eigenvalue weighted by atomic mass is 35.5. The van der Waals surface area contributed by atoms with Crippen molar-refractivity contribution in [3.63, 3.8) is 0 Å². The molecule has 0 radical (unpaired) electrons. The van der Waals surface area contributed by atoms with Crippen LogP contribution < -0.4 is 22.0 Å². The van der Waals surface area contributed by atoms with Crippen LogP contribution in [0.2, 0.25) is 5.02 Å². The van der Waals surface area contributed by atoms with Crippen LogP contribution in [0.1, 0.15) is 0 Å². The maximum absolute atomic E-state index is 7.51. The van der Waals surface area contributed by atoms with Crippen molar-refractivity contribution in [1.82, 2.24) is 19.9 Å². The maximum Gasteiger partial charge on any atom is 0.143 e. The van der Waals surface area contributed by atoms with Gasteiger partial charge in [0.05, 0.1) is 5.02 Å². The molecule has 0 unspecified atom stereocenters. The minimum atomic E-state index is 0.575. The van der Waals surface area contributed by atoms with Crippen molar-refractivity contribution in [2.24, 2.45) is 20.0 Å². The number of hydrogen-bond acceptors (Lipinski definition) is 8. The lowest BCUT2D eigenvalue weighted by Crippen LogP contribution is -2.10. The van der Waals surface area contributed by atoms with Crippen LogP contribution >= 0.6 is 58.6 Å². The number of hydrogen-bond donors (Lipinski definition) is 4. The molecule has 0 amide bonds. The third-order valence-corrected chi connectivity index (χ3v) is 16.4. The molecule has 5 heterocycles. The molecule has 13 heteroatoms. The summed E-state index contributed by atoms with van der Waals surface area (Å²) in [6, 6.07) is 65.0. The molecule has 330 valence electrons. The first-order chi connectivity index (χ1) is 34.0. The van der Waals surface area contributed by atoms with Gasteiger partial charge in [0, 0.05) is 82.3 Å². The minimum Gasteiger partial charge on any atom is -0.324 e. The Morgan fingerprint density at radius 1 is 0.290 bits per heavy atom. The lowest BCUT2D eigenvalue weighted by atomic mass is 10.2. The summed E-state index contributed by atoms with van der Waals surface area (Å²) >= 11 is 14.2. The predicted molar refractivity (Wildman–Crippen MR) is 284 cm³/mol. The number of rotatable bonds is 8. The summed E-state index contributed by atoms with van der Waals surface area (Å²) in [5.74, 6) is 2.53. The summed E-state index contributed by atoms with van der Waals surface area (Å²) in [5, 5.41) is 7.74. The lowest BCUT2D eigenvalue weighted by Gasteiger charge is -2.06. The first-order valence-electron chi connectivity index (χ1n) is 22.1. The van der Waals surface area contributed by atoms with Crippen molar-refractivity contribution < 1.29 is 0 Å².